The van der Waals surface area contributed by atoms with Gasteiger partial charge < -0.3 is 35.4 Å². The van der Waals surface area contributed by atoms with Crippen LogP contribution in [-0.2, 0) is 45.7 Å². The number of sulfone groups is 1. The van der Waals surface area contributed by atoms with Gasteiger partial charge in [-0.15, -0.1) is 0 Å². The number of fused-ring (bicyclic) bond motifs is 2. The van der Waals surface area contributed by atoms with Gasteiger partial charge in [-0.2, -0.15) is 0 Å². The Balaban J connectivity index is 1.52. The van der Waals surface area contributed by atoms with Crippen LogP contribution < -0.4 is 16.0 Å². The van der Waals surface area contributed by atoms with Crippen molar-refractivity contribution in [3.63, 3.8) is 0 Å². The summed E-state index contributed by atoms with van der Waals surface area (Å²) in [6.45, 7) is 8.41. The summed E-state index contributed by atoms with van der Waals surface area (Å²) in [5.74, 6) is -3.53. The van der Waals surface area contributed by atoms with E-state index in [-0.39, 0.29) is 39.1 Å². The Morgan fingerprint density at radius 3 is 2.23 bits per heavy atom. The van der Waals surface area contributed by atoms with Crippen LogP contribution in [0.1, 0.15) is 58.6 Å². The van der Waals surface area contributed by atoms with Crippen LogP contribution >= 0.6 is 0 Å². The van der Waals surface area contributed by atoms with E-state index in [0.717, 1.165) is 11.1 Å². The number of benzene rings is 2. The highest BCUT2D eigenvalue weighted by atomic mass is 32.2. The Labute approximate surface area is 275 Å². The van der Waals surface area contributed by atoms with Crippen molar-refractivity contribution in [3.8, 4) is 0 Å². The minimum atomic E-state index is -4.12. The lowest BCUT2D eigenvalue weighted by molar-refractivity contribution is -0.141. The lowest BCUT2D eigenvalue weighted by atomic mass is 9.74. The van der Waals surface area contributed by atoms with E-state index >= 15 is 0 Å². The number of anilines is 1. The third-order valence-corrected chi connectivity index (χ3v) is 10.2. The molecule has 2 aromatic rings. The first-order chi connectivity index (χ1) is 21.9. The number of rotatable bonds is 11. The molecular formula is C33H44N4O9S. The number of likely N-dealkylation sites (tertiary alicyclic amines) is 1. The molecule has 2 heterocycles. The first-order valence-electron chi connectivity index (χ1n) is 15.5. The Kier molecular flexibility index (Phi) is 10.6. The molecule has 2 aliphatic heterocycles. The van der Waals surface area contributed by atoms with Gasteiger partial charge in [-0.25, -0.2) is 13.2 Å². The molecule has 0 bridgehead atoms. The van der Waals surface area contributed by atoms with Crippen LogP contribution in [-0.4, -0.2) is 90.3 Å². The monoisotopic (exact) mass is 672 g/mol. The third-order valence-electron chi connectivity index (χ3n) is 8.28. The summed E-state index contributed by atoms with van der Waals surface area (Å²) < 4.78 is 37.7. The second kappa shape index (κ2) is 13.9. The molecule has 47 heavy (non-hydrogen) atoms. The van der Waals surface area contributed by atoms with E-state index in [1.165, 1.54) is 13.8 Å². The van der Waals surface area contributed by atoms with Gasteiger partial charge in [-0.3, -0.25) is 14.4 Å². The molecule has 14 heteroatoms. The molecule has 4 rings (SSSR count). The summed E-state index contributed by atoms with van der Waals surface area (Å²) >= 11 is 0. The minimum absolute atomic E-state index is 0.151. The lowest BCUT2D eigenvalue weighted by Crippen LogP contribution is -2.61. The molecular weight excluding hydrogens is 628 g/mol. The zero-order valence-corrected chi connectivity index (χ0v) is 28.2. The Hall–Kier alpha value is -4.17. The summed E-state index contributed by atoms with van der Waals surface area (Å²) in [4.78, 5) is 52.9. The maximum Gasteiger partial charge on any atom is 0.408 e. The number of alkyl carbamates (subject to hydrolysis) is 1. The summed E-state index contributed by atoms with van der Waals surface area (Å²) in [6.07, 6.45) is -0.312. The molecule has 3 amide bonds. The van der Waals surface area contributed by atoms with Gasteiger partial charge in [0.1, 0.15) is 28.3 Å². The van der Waals surface area contributed by atoms with E-state index < -0.39 is 67.4 Å². The van der Waals surface area contributed by atoms with Crippen molar-refractivity contribution in [1.82, 2.24) is 15.5 Å². The topological polar surface area (TPSA) is 180 Å². The molecule has 2 aliphatic rings. The number of carbonyl (C=O) groups excluding carboxylic acids is 3. The van der Waals surface area contributed by atoms with Crippen molar-refractivity contribution in [2.75, 3.05) is 30.8 Å². The third kappa shape index (κ3) is 8.60. The van der Waals surface area contributed by atoms with Gasteiger partial charge in [0.15, 0.2) is 9.84 Å². The number of nitrogens with one attached hydrogen (secondary N) is 3. The fraction of sp³-hybridized carbons (Fsp3) is 0.515. The van der Waals surface area contributed by atoms with Crippen molar-refractivity contribution >= 4 is 39.4 Å². The summed E-state index contributed by atoms with van der Waals surface area (Å²) in [7, 11) is -4.12. The standard InChI is InChI=1S/C33H44N4O9S/c1-31(2,3)46-30(42)36-32(4,5)28(41)34-25(20-45-19-22-11-7-6-8-12-22)27(40)37-17-15-33(16-18-37)23-13-9-10-14-24(23)35-29(33)47(43,44)21-26(38)39/h6-14,25,29,35H,15-21H2,1-5H3,(H,34,41)(H,36,42)(H,38,39)/t25-,29?/m1/s1. The largest absolute Gasteiger partial charge is 0.480 e. The number of hydrogen-bond acceptors (Lipinski definition) is 9. The minimum Gasteiger partial charge on any atom is -0.480 e. The van der Waals surface area contributed by atoms with Gasteiger partial charge in [0.2, 0.25) is 11.8 Å². The van der Waals surface area contributed by atoms with E-state index in [9.17, 15) is 32.7 Å². The molecule has 1 unspecified atom stereocenters. The normalized spacial score (nSPS) is 18.1. The van der Waals surface area contributed by atoms with Crippen LogP contribution in [0.5, 0.6) is 0 Å². The van der Waals surface area contributed by atoms with Gasteiger partial charge in [-0.1, -0.05) is 48.5 Å². The molecule has 0 radical (unpaired) electrons. The SMILES string of the molecule is CC(C)(C)OC(=O)NC(C)(C)C(=O)N[C@H](COCc1ccccc1)C(=O)N1CCC2(CC1)c1ccccc1NC2S(=O)(=O)CC(=O)O. The molecule has 1 spiro atoms. The number of amides is 3. The average molecular weight is 673 g/mol. The zero-order valence-electron chi connectivity index (χ0n) is 27.4. The van der Waals surface area contributed by atoms with E-state index in [1.54, 1.807) is 43.9 Å². The van der Waals surface area contributed by atoms with E-state index in [0.29, 0.717) is 5.69 Å². The zero-order chi connectivity index (χ0) is 34.6. The number of carboxylic acid groups (broad SMARTS) is 1. The summed E-state index contributed by atoms with van der Waals surface area (Å²) in [5.41, 5.74) is -0.936. The van der Waals surface area contributed by atoms with Gasteiger partial charge in [0.05, 0.1) is 13.2 Å². The molecule has 1 fully saturated rings. The highest BCUT2D eigenvalue weighted by molar-refractivity contribution is 7.92. The van der Waals surface area contributed by atoms with Crippen molar-refractivity contribution in [2.24, 2.45) is 0 Å². The number of piperidine rings is 1. The van der Waals surface area contributed by atoms with Crippen molar-refractivity contribution < 1.29 is 42.2 Å². The molecule has 2 aromatic carbocycles. The highest BCUT2D eigenvalue weighted by Gasteiger charge is 2.54. The summed E-state index contributed by atoms with van der Waals surface area (Å²) in [5, 5.41) is 16.5. The number of ether oxygens (including phenoxy) is 2. The molecule has 0 aliphatic carbocycles. The number of hydrogen-bond donors (Lipinski definition) is 4. The van der Waals surface area contributed by atoms with Crippen LogP contribution in [0, 0.1) is 0 Å². The molecule has 0 aromatic heterocycles. The molecule has 2 atom stereocenters. The second-order valence-electron chi connectivity index (χ2n) is 13.5. The predicted octanol–water partition coefficient (Wildman–Crippen LogP) is 2.80. The fourth-order valence-electron chi connectivity index (χ4n) is 6.03. The highest BCUT2D eigenvalue weighted by Crippen LogP contribution is 2.49. The smallest absolute Gasteiger partial charge is 0.408 e. The van der Waals surface area contributed by atoms with Gasteiger partial charge in [0, 0.05) is 24.2 Å². The van der Waals surface area contributed by atoms with Crippen molar-refractivity contribution in [3.05, 3.63) is 65.7 Å². The number of para-hydroxylation sites is 1. The number of carboxylic acids is 1. The first-order valence-corrected chi connectivity index (χ1v) is 17.2. The van der Waals surface area contributed by atoms with Crippen molar-refractivity contribution in [2.45, 2.75) is 82.0 Å². The maximum atomic E-state index is 14.0. The van der Waals surface area contributed by atoms with Crippen LogP contribution in [0.4, 0.5) is 10.5 Å². The van der Waals surface area contributed by atoms with Crippen molar-refractivity contribution in [1.29, 1.82) is 0 Å². The lowest BCUT2D eigenvalue weighted by Gasteiger charge is -2.43. The Bertz CT molecular complexity index is 1580. The number of aliphatic carboxylic acids is 1. The van der Waals surface area contributed by atoms with E-state index in [1.807, 2.05) is 36.4 Å². The quantitative estimate of drug-likeness (QED) is 0.277. The molecule has 0 saturated carbocycles. The van der Waals surface area contributed by atoms with E-state index in [2.05, 4.69) is 16.0 Å². The predicted molar refractivity (Wildman–Crippen MR) is 174 cm³/mol. The first kappa shape index (κ1) is 35.7. The molecule has 13 nitrogen and oxygen atoms in total. The Morgan fingerprint density at radius 2 is 1.62 bits per heavy atom. The van der Waals surface area contributed by atoms with Crippen LogP contribution in [0.3, 0.4) is 0 Å². The molecule has 1 saturated heterocycles. The maximum absolute atomic E-state index is 14.0. The number of carbonyl (C=O) groups is 4. The van der Waals surface area contributed by atoms with Crippen LogP contribution in [0.25, 0.3) is 0 Å². The molecule has 4 N–H and O–H groups in total. The Morgan fingerprint density at radius 1 is 1.00 bits per heavy atom. The van der Waals surface area contributed by atoms with Gasteiger partial charge in [0.25, 0.3) is 0 Å². The van der Waals surface area contributed by atoms with Gasteiger partial charge in [-0.05, 0) is 64.7 Å². The van der Waals surface area contributed by atoms with E-state index in [4.69, 9.17) is 9.47 Å². The van der Waals surface area contributed by atoms with Crippen LogP contribution in [0.2, 0.25) is 0 Å². The molecule has 256 valence electrons. The second-order valence-corrected chi connectivity index (χ2v) is 15.6. The van der Waals surface area contributed by atoms with Crippen LogP contribution in [0.15, 0.2) is 54.6 Å². The number of nitrogens with zero attached hydrogens (tertiary/aromatic N) is 1. The average Bonchev–Trinajstić information content (AvgIpc) is 3.29. The van der Waals surface area contributed by atoms with Gasteiger partial charge >= 0.3 is 12.1 Å². The fourth-order valence-corrected chi connectivity index (χ4v) is 7.90. The summed E-state index contributed by atoms with van der Waals surface area (Å²) in [6, 6.07) is 15.4.